The van der Waals surface area contributed by atoms with Crippen molar-refractivity contribution in [3.05, 3.63) is 46.1 Å². The van der Waals surface area contributed by atoms with E-state index in [1.807, 2.05) is 22.6 Å². The van der Waals surface area contributed by atoms with Crippen molar-refractivity contribution in [2.24, 2.45) is 0 Å². The zero-order valence-corrected chi connectivity index (χ0v) is 21.0. The molecule has 0 aliphatic carbocycles. The summed E-state index contributed by atoms with van der Waals surface area (Å²) in [6.45, 7) is 1.77. The van der Waals surface area contributed by atoms with Gasteiger partial charge >= 0.3 is 6.09 Å². The van der Waals surface area contributed by atoms with Crippen molar-refractivity contribution in [1.82, 2.24) is 19.3 Å². The molecule has 2 N–H and O–H groups in total. The van der Waals surface area contributed by atoms with Gasteiger partial charge < -0.3 is 29.5 Å². The molecule has 1 atom stereocenters. The summed E-state index contributed by atoms with van der Waals surface area (Å²) in [6.07, 6.45) is 2.51. The van der Waals surface area contributed by atoms with Gasteiger partial charge in [0.1, 0.15) is 27.4 Å². The summed E-state index contributed by atoms with van der Waals surface area (Å²) in [4.78, 5) is 22.5. The van der Waals surface area contributed by atoms with Crippen LogP contribution in [0.5, 0.6) is 11.5 Å². The summed E-state index contributed by atoms with van der Waals surface area (Å²) in [5.41, 5.74) is 2.57. The maximum absolute atomic E-state index is 11.6. The number of aromatic nitrogens is 3. The molecule has 1 saturated heterocycles. The number of carbonyl (C=O) groups is 1. The van der Waals surface area contributed by atoms with E-state index in [0.717, 1.165) is 41.2 Å². The number of benzene rings is 1. The molecule has 0 saturated carbocycles. The summed E-state index contributed by atoms with van der Waals surface area (Å²) >= 11 is 3.61. The zero-order valence-electron chi connectivity index (χ0n) is 19.4. The van der Waals surface area contributed by atoms with Crippen molar-refractivity contribution in [2.75, 3.05) is 39.7 Å². The molecule has 3 aromatic rings. The highest BCUT2D eigenvalue weighted by Crippen LogP contribution is 2.34. The number of ether oxygens (including phenoxy) is 3. The number of nitrogens with one attached hydrogen (secondary N) is 1. The normalized spacial score (nSPS) is 16.0. The Morgan fingerprint density at radius 1 is 1.29 bits per heavy atom. The van der Waals surface area contributed by atoms with Gasteiger partial charge in [-0.15, -0.1) is 0 Å². The van der Waals surface area contributed by atoms with E-state index >= 15 is 0 Å². The molecule has 0 spiro atoms. The first-order chi connectivity index (χ1) is 16.5. The van der Waals surface area contributed by atoms with E-state index < -0.39 is 6.09 Å². The summed E-state index contributed by atoms with van der Waals surface area (Å²) in [6, 6.07) is 5.67. The predicted octanol–water partition coefficient (Wildman–Crippen LogP) is 4.12. The Hall–Kier alpha value is -3.05. The van der Waals surface area contributed by atoms with Crippen LogP contribution in [-0.2, 0) is 17.9 Å². The van der Waals surface area contributed by atoms with Crippen LogP contribution in [0, 0.1) is 0 Å². The molecule has 10 nitrogen and oxygen atoms in total. The topological polar surface area (TPSA) is 110 Å². The number of halogens is 1. The van der Waals surface area contributed by atoms with Gasteiger partial charge in [-0.3, -0.25) is 4.40 Å². The Balaban J connectivity index is 1.71. The second kappa shape index (κ2) is 10.5. The van der Waals surface area contributed by atoms with E-state index in [2.05, 4.69) is 26.2 Å². The summed E-state index contributed by atoms with van der Waals surface area (Å²) < 4.78 is 18.9. The van der Waals surface area contributed by atoms with Crippen LogP contribution in [0.1, 0.15) is 35.8 Å². The van der Waals surface area contributed by atoms with Gasteiger partial charge in [-0.1, -0.05) is 0 Å². The Labute approximate surface area is 206 Å². The highest BCUT2D eigenvalue weighted by Gasteiger charge is 2.29. The van der Waals surface area contributed by atoms with Crippen LogP contribution >= 0.6 is 15.9 Å². The first-order valence-electron chi connectivity index (χ1n) is 10.9. The van der Waals surface area contributed by atoms with Crippen molar-refractivity contribution >= 4 is 33.4 Å². The number of amides is 1. The molecule has 1 unspecified atom stereocenters. The van der Waals surface area contributed by atoms with Crippen molar-refractivity contribution < 1.29 is 24.1 Å². The number of imidazole rings is 1. The fourth-order valence-electron chi connectivity index (χ4n) is 4.35. The lowest BCUT2D eigenvalue weighted by Crippen LogP contribution is -2.38. The fraction of sp³-hybridized carbons (Fsp3) is 0.435. The van der Waals surface area contributed by atoms with E-state index in [0.29, 0.717) is 42.4 Å². The molecule has 1 amide bonds. The molecule has 1 fully saturated rings. The lowest BCUT2D eigenvalue weighted by molar-refractivity contribution is 0.129. The quantitative estimate of drug-likeness (QED) is 0.444. The van der Waals surface area contributed by atoms with Crippen LogP contribution in [0.2, 0.25) is 0 Å². The van der Waals surface area contributed by atoms with Crippen molar-refractivity contribution in [2.45, 2.75) is 31.9 Å². The number of carboxylic acid groups (broad SMARTS) is 1. The van der Waals surface area contributed by atoms with E-state index in [-0.39, 0.29) is 5.92 Å². The second-order valence-corrected chi connectivity index (χ2v) is 8.83. The fourth-order valence-corrected chi connectivity index (χ4v) is 4.90. The van der Waals surface area contributed by atoms with Crippen LogP contribution in [0.25, 0.3) is 5.52 Å². The number of hydrogen-bond donors (Lipinski definition) is 2. The number of piperidine rings is 1. The SMILES string of the molecule is COCc1cnc(NCc2ccc(OC)cc2OC)c2c(Br)nc(C3CCCN(C(=O)O)C3)n12. The lowest BCUT2D eigenvalue weighted by Gasteiger charge is -2.30. The van der Waals surface area contributed by atoms with Gasteiger partial charge in [0.25, 0.3) is 0 Å². The molecule has 1 aliphatic rings. The Morgan fingerprint density at radius 3 is 2.82 bits per heavy atom. The van der Waals surface area contributed by atoms with Crippen LogP contribution in [0.3, 0.4) is 0 Å². The molecule has 2 aromatic heterocycles. The first kappa shape index (κ1) is 24.1. The molecule has 34 heavy (non-hydrogen) atoms. The number of hydrogen-bond acceptors (Lipinski definition) is 7. The van der Waals surface area contributed by atoms with Crippen molar-refractivity contribution in [1.29, 1.82) is 0 Å². The standard InChI is InChI=1S/C23H28BrN5O5/c1-32-13-16-11-26-21(25-10-14-6-7-17(33-2)9-18(14)34-3)19-20(24)27-22(29(16)19)15-5-4-8-28(12-15)23(30)31/h6-7,9,11,15H,4-5,8,10,12-13H2,1-3H3,(H,25,26)(H,30,31). The smallest absolute Gasteiger partial charge is 0.407 e. The monoisotopic (exact) mass is 533 g/mol. The number of methoxy groups -OCH3 is 3. The van der Waals surface area contributed by atoms with Gasteiger partial charge in [0.05, 0.1) is 32.7 Å². The molecule has 0 bridgehead atoms. The maximum Gasteiger partial charge on any atom is 0.407 e. The molecule has 182 valence electrons. The molecule has 0 radical (unpaired) electrons. The van der Waals surface area contributed by atoms with Crippen LogP contribution in [0.4, 0.5) is 10.6 Å². The molecule has 4 rings (SSSR count). The van der Waals surface area contributed by atoms with Crippen LogP contribution < -0.4 is 14.8 Å². The number of nitrogens with zero attached hydrogens (tertiary/aromatic N) is 4. The van der Waals surface area contributed by atoms with Gasteiger partial charge in [-0.2, -0.15) is 0 Å². The Bertz CT molecular complexity index is 1180. The zero-order chi connectivity index (χ0) is 24.2. The van der Waals surface area contributed by atoms with Gasteiger partial charge in [0.2, 0.25) is 0 Å². The molecular weight excluding hydrogens is 506 g/mol. The number of anilines is 1. The molecule has 1 aromatic carbocycles. The van der Waals surface area contributed by atoms with Crippen molar-refractivity contribution in [3.8, 4) is 11.5 Å². The van der Waals surface area contributed by atoms with Crippen LogP contribution in [0.15, 0.2) is 29.0 Å². The lowest BCUT2D eigenvalue weighted by atomic mass is 9.97. The Kier molecular flexibility index (Phi) is 7.42. The minimum Gasteiger partial charge on any atom is -0.497 e. The van der Waals surface area contributed by atoms with Crippen molar-refractivity contribution in [3.63, 3.8) is 0 Å². The average molecular weight is 534 g/mol. The second-order valence-electron chi connectivity index (χ2n) is 8.08. The van der Waals surface area contributed by atoms with Gasteiger partial charge in [-0.05, 0) is 40.9 Å². The Morgan fingerprint density at radius 2 is 2.12 bits per heavy atom. The molecule has 11 heteroatoms. The number of rotatable bonds is 8. The highest BCUT2D eigenvalue weighted by molar-refractivity contribution is 9.10. The number of likely N-dealkylation sites (tertiary alicyclic amines) is 1. The minimum absolute atomic E-state index is 0.0313. The van der Waals surface area contributed by atoms with E-state index in [4.69, 9.17) is 19.2 Å². The number of fused-ring (bicyclic) bond motifs is 1. The molecular formula is C23H28BrN5O5. The van der Waals surface area contributed by atoms with Gasteiger partial charge in [0.15, 0.2) is 5.82 Å². The third-order valence-corrected chi connectivity index (χ3v) is 6.56. The van der Waals surface area contributed by atoms with Gasteiger partial charge in [-0.25, -0.2) is 14.8 Å². The first-order valence-corrected chi connectivity index (χ1v) is 11.7. The van der Waals surface area contributed by atoms with E-state index in [1.165, 1.54) is 4.90 Å². The molecule has 3 heterocycles. The summed E-state index contributed by atoms with van der Waals surface area (Å²) in [7, 11) is 4.87. The average Bonchev–Trinajstić information content (AvgIpc) is 3.21. The third kappa shape index (κ3) is 4.76. The summed E-state index contributed by atoms with van der Waals surface area (Å²) in [5, 5.41) is 12.9. The van der Waals surface area contributed by atoms with Gasteiger partial charge in [0, 0.05) is 44.3 Å². The highest BCUT2D eigenvalue weighted by atomic mass is 79.9. The summed E-state index contributed by atoms with van der Waals surface area (Å²) in [5.74, 6) is 2.84. The maximum atomic E-state index is 11.6. The third-order valence-electron chi connectivity index (χ3n) is 6.00. The molecule has 1 aliphatic heterocycles. The van der Waals surface area contributed by atoms with E-state index in [1.54, 1.807) is 27.5 Å². The van der Waals surface area contributed by atoms with E-state index in [9.17, 15) is 9.90 Å². The predicted molar refractivity (Wildman–Crippen MR) is 130 cm³/mol. The minimum atomic E-state index is -0.904. The largest absolute Gasteiger partial charge is 0.497 e. The van der Waals surface area contributed by atoms with Crippen LogP contribution in [-0.4, -0.2) is 64.9 Å².